The lowest BCUT2D eigenvalue weighted by Crippen LogP contribution is -2.23. The molecule has 2 aromatic carbocycles. The van der Waals surface area contributed by atoms with Crippen LogP contribution in [0.2, 0.25) is 0 Å². The zero-order valence-corrected chi connectivity index (χ0v) is 18.2. The Bertz CT molecular complexity index is 1200. The monoisotopic (exact) mass is 459 g/mol. The highest BCUT2D eigenvalue weighted by molar-refractivity contribution is 7.89. The van der Waals surface area contributed by atoms with Crippen LogP contribution in [0, 0.1) is 10.1 Å². The van der Waals surface area contributed by atoms with Gasteiger partial charge in [-0.05, 0) is 55.0 Å². The molecule has 32 heavy (non-hydrogen) atoms. The van der Waals surface area contributed by atoms with Crippen LogP contribution in [0.25, 0.3) is 0 Å². The van der Waals surface area contributed by atoms with E-state index in [4.69, 9.17) is 14.2 Å². The van der Waals surface area contributed by atoms with Crippen LogP contribution in [0.1, 0.15) is 12.5 Å². The molecule has 10 nitrogen and oxygen atoms in total. The third-order valence-corrected chi connectivity index (χ3v) is 5.68. The molecule has 1 heterocycles. The molecule has 0 fully saturated rings. The van der Waals surface area contributed by atoms with Gasteiger partial charge in [-0.2, -0.15) is 0 Å². The number of nitro benzene ring substituents is 1. The molecule has 3 rings (SSSR count). The number of hydrogen-bond donors (Lipinski definition) is 1. The third kappa shape index (κ3) is 5.71. The molecular formula is C21H21N3O7S. The Morgan fingerprint density at radius 1 is 1.06 bits per heavy atom. The van der Waals surface area contributed by atoms with Crippen LogP contribution in [0.4, 0.5) is 5.69 Å². The number of sulfonamides is 1. The molecule has 0 bridgehead atoms. The molecule has 0 saturated carbocycles. The topological polar surface area (TPSA) is 130 Å². The summed E-state index contributed by atoms with van der Waals surface area (Å²) in [5.41, 5.74) is 0.151. The van der Waals surface area contributed by atoms with Crippen molar-refractivity contribution in [3.8, 4) is 23.1 Å². The highest BCUT2D eigenvalue weighted by atomic mass is 32.2. The van der Waals surface area contributed by atoms with E-state index in [1.165, 1.54) is 25.4 Å². The number of nitrogens with one attached hydrogen (secondary N) is 1. The van der Waals surface area contributed by atoms with E-state index in [-0.39, 0.29) is 23.1 Å². The van der Waals surface area contributed by atoms with Gasteiger partial charge in [0.1, 0.15) is 11.5 Å². The Labute approximate surface area is 185 Å². The predicted octanol–water partition coefficient (Wildman–Crippen LogP) is 3.67. The SMILES string of the molecule is CCOc1ccc(Oc2cc(CNS(=O)(=O)c3ccc(OC)c([N+](=O)[O-])c3)ccn2)cc1. The molecule has 0 unspecified atom stereocenters. The molecular weight excluding hydrogens is 438 g/mol. The van der Waals surface area contributed by atoms with Crippen molar-refractivity contribution in [2.45, 2.75) is 18.4 Å². The fourth-order valence-corrected chi connectivity index (χ4v) is 3.79. The van der Waals surface area contributed by atoms with Crippen LogP contribution < -0.4 is 18.9 Å². The third-order valence-electron chi connectivity index (χ3n) is 4.28. The zero-order valence-electron chi connectivity index (χ0n) is 17.3. The number of ether oxygens (including phenoxy) is 3. The minimum absolute atomic E-state index is 0.0286. The van der Waals surface area contributed by atoms with Gasteiger partial charge in [0.25, 0.3) is 0 Å². The largest absolute Gasteiger partial charge is 0.494 e. The van der Waals surface area contributed by atoms with Gasteiger partial charge in [-0.3, -0.25) is 10.1 Å². The van der Waals surface area contributed by atoms with Crippen molar-refractivity contribution in [1.82, 2.24) is 9.71 Å². The van der Waals surface area contributed by atoms with E-state index < -0.39 is 20.6 Å². The van der Waals surface area contributed by atoms with Gasteiger partial charge in [0, 0.05) is 24.9 Å². The Morgan fingerprint density at radius 2 is 1.78 bits per heavy atom. The van der Waals surface area contributed by atoms with Gasteiger partial charge in [0.2, 0.25) is 15.9 Å². The van der Waals surface area contributed by atoms with Crippen LogP contribution in [-0.4, -0.2) is 32.0 Å². The van der Waals surface area contributed by atoms with Crippen molar-refractivity contribution in [1.29, 1.82) is 0 Å². The molecule has 0 atom stereocenters. The van der Waals surface area contributed by atoms with Crippen LogP contribution in [0.15, 0.2) is 65.7 Å². The van der Waals surface area contributed by atoms with Gasteiger partial charge >= 0.3 is 5.69 Å². The Balaban J connectivity index is 1.70. The molecule has 0 aliphatic carbocycles. The van der Waals surface area contributed by atoms with Gasteiger partial charge in [-0.25, -0.2) is 18.1 Å². The summed E-state index contributed by atoms with van der Waals surface area (Å²) in [4.78, 5) is 14.3. The molecule has 0 radical (unpaired) electrons. The minimum atomic E-state index is -4.01. The first-order chi connectivity index (χ1) is 15.3. The van der Waals surface area contributed by atoms with E-state index in [9.17, 15) is 18.5 Å². The summed E-state index contributed by atoms with van der Waals surface area (Å²) in [6.07, 6.45) is 1.49. The maximum atomic E-state index is 12.6. The van der Waals surface area contributed by atoms with Gasteiger partial charge < -0.3 is 14.2 Å². The van der Waals surface area contributed by atoms with Crippen molar-refractivity contribution in [2.24, 2.45) is 0 Å². The number of hydrogen-bond acceptors (Lipinski definition) is 8. The van der Waals surface area contributed by atoms with Crippen molar-refractivity contribution in [3.63, 3.8) is 0 Å². The van der Waals surface area contributed by atoms with Gasteiger partial charge in [0.05, 0.1) is 23.5 Å². The van der Waals surface area contributed by atoms with Crippen LogP contribution in [0.5, 0.6) is 23.1 Å². The second kappa shape index (κ2) is 10.1. The average Bonchev–Trinajstić information content (AvgIpc) is 2.79. The number of nitrogens with zero attached hydrogens (tertiary/aromatic N) is 2. The molecule has 168 valence electrons. The predicted molar refractivity (Wildman–Crippen MR) is 116 cm³/mol. The molecule has 3 aromatic rings. The number of pyridine rings is 1. The summed E-state index contributed by atoms with van der Waals surface area (Å²) in [6, 6.07) is 13.7. The van der Waals surface area contributed by atoms with Gasteiger partial charge in [-0.1, -0.05) is 0 Å². The van der Waals surface area contributed by atoms with Crippen molar-refractivity contribution < 1.29 is 27.6 Å². The molecule has 0 saturated heterocycles. The van der Waals surface area contributed by atoms with Crippen LogP contribution in [-0.2, 0) is 16.6 Å². The summed E-state index contributed by atoms with van der Waals surface area (Å²) >= 11 is 0. The molecule has 0 amide bonds. The summed E-state index contributed by atoms with van der Waals surface area (Å²) < 4.78 is 43.6. The summed E-state index contributed by atoms with van der Waals surface area (Å²) in [5.74, 6) is 1.52. The first-order valence-corrected chi connectivity index (χ1v) is 11.0. The zero-order chi connectivity index (χ0) is 23.1. The highest BCUT2D eigenvalue weighted by Gasteiger charge is 2.22. The lowest BCUT2D eigenvalue weighted by Gasteiger charge is -2.10. The van der Waals surface area contributed by atoms with Crippen LogP contribution in [0.3, 0.4) is 0 Å². The van der Waals surface area contributed by atoms with Crippen molar-refractivity contribution in [3.05, 3.63) is 76.5 Å². The van der Waals surface area contributed by atoms with Gasteiger partial charge in [0.15, 0.2) is 5.75 Å². The summed E-state index contributed by atoms with van der Waals surface area (Å²) in [6.45, 7) is 2.39. The standard InChI is InChI=1S/C21H21N3O7S/c1-3-30-16-4-6-17(7-5-16)31-21-12-15(10-11-22-21)14-23-32(27,28)18-8-9-20(29-2)19(13-18)24(25)26/h4-13,23H,3,14H2,1-2H3. The molecule has 11 heteroatoms. The number of methoxy groups -OCH3 is 1. The highest BCUT2D eigenvalue weighted by Crippen LogP contribution is 2.29. The maximum absolute atomic E-state index is 12.6. The number of nitro groups is 1. The fraction of sp³-hybridized carbons (Fsp3) is 0.190. The molecule has 1 aromatic heterocycles. The van der Waals surface area contributed by atoms with Gasteiger partial charge in [-0.15, -0.1) is 0 Å². The van der Waals surface area contributed by atoms with E-state index in [1.807, 2.05) is 6.92 Å². The Kier molecular flexibility index (Phi) is 7.23. The average molecular weight is 459 g/mol. The minimum Gasteiger partial charge on any atom is -0.494 e. The second-order valence-electron chi connectivity index (χ2n) is 6.42. The summed E-state index contributed by atoms with van der Waals surface area (Å²) in [7, 11) is -2.74. The van der Waals surface area contributed by atoms with Crippen molar-refractivity contribution in [2.75, 3.05) is 13.7 Å². The Morgan fingerprint density at radius 3 is 2.44 bits per heavy atom. The molecule has 0 aliphatic rings. The van der Waals surface area contributed by atoms with Crippen molar-refractivity contribution >= 4 is 15.7 Å². The first-order valence-electron chi connectivity index (χ1n) is 9.50. The van der Waals surface area contributed by atoms with E-state index >= 15 is 0 Å². The Hall–Kier alpha value is -3.70. The smallest absolute Gasteiger partial charge is 0.312 e. The quantitative estimate of drug-likeness (QED) is 0.359. The fourth-order valence-electron chi connectivity index (χ4n) is 2.75. The lowest BCUT2D eigenvalue weighted by atomic mass is 10.3. The van der Waals surface area contributed by atoms with E-state index in [1.54, 1.807) is 36.4 Å². The van der Waals surface area contributed by atoms with E-state index in [0.717, 1.165) is 11.8 Å². The summed E-state index contributed by atoms with van der Waals surface area (Å²) in [5, 5.41) is 11.2. The number of aromatic nitrogens is 1. The van der Waals surface area contributed by atoms with E-state index in [0.29, 0.717) is 17.9 Å². The second-order valence-corrected chi connectivity index (χ2v) is 8.19. The van der Waals surface area contributed by atoms with E-state index in [2.05, 4.69) is 9.71 Å². The molecule has 1 N–H and O–H groups in total. The van der Waals surface area contributed by atoms with Crippen LogP contribution >= 0.6 is 0 Å². The first kappa shape index (κ1) is 23.0. The maximum Gasteiger partial charge on any atom is 0.312 e. The molecule has 0 spiro atoms. The number of rotatable bonds is 10. The lowest BCUT2D eigenvalue weighted by molar-refractivity contribution is -0.386. The number of benzene rings is 2. The molecule has 0 aliphatic heterocycles. The normalized spacial score (nSPS) is 11.1.